The highest BCUT2D eigenvalue weighted by Gasteiger charge is 2.19. The van der Waals surface area contributed by atoms with E-state index >= 15 is 0 Å². The molecule has 4 rings (SSSR count). The predicted molar refractivity (Wildman–Crippen MR) is 112 cm³/mol. The molecule has 3 aromatic rings. The molecule has 2 heterocycles. The molecular formula is C22H23N5O3. The van der Waals surface area contributed by atoms with Crippen LogP contribution in [-0.2, 0) is 13.1 Å². The van der Waals surface area contributed by atoms with Gasteiger partial charge in [0.1, 0.15) is 5.69 Å². The van der Waals surface area contributed by atoms with Gasteiger partial charge in [-0.2, -0.15) is 0 Å². The number of imidazole rings is 1. The maximum atomic E-state index is 12.7. The van der Waals surface area contributed by atoms with Crippen LogP contribution in [0, 0.1) is 10.1 Å². The second-order valence-corrected chi connectivity index (χ2v) is 7.37. The number of carbonyl (C=O) groups excluding carboxylic acids is 1. The molecule has 1 N–H and O–H groups in total. The Bertz CT molecular complexity index is 1040. The van der Waals surface area contributed by atoms with E-state index < -0.39 is 4.92 Å². The Labute approximate surface area is 174 Å². The number of nitro groups is 1. The van der Waals surface area contributed by atoms with Crippen molar-refractivity contribution in [1.29, 1.82) is 0 Å². The van der Waals surface area contributed by atoms with Crippen molar-refractivity contribution in [3.05, 3.63) is 88.0 Å². The van der Waals surface area contributed by atoms with Gasteiger partial charge in [0.25, 0.3) is 11.6 Å². The molecule has 0 unspecified atom stereocenters. The number of nitrogens with zero attached hydrogens (tertiary/aromatic N) is 4. The summed E-state index contributed by atoms with van der Waals surface area (Å²) in [4.78, 5) is 30.0. The number of hydrogen-bond acceptors (Lipinski definition) is 5. The summed E-state index contributed by atoms with van der Waals surface area (Å²) >= 11 is 0. The van der Waals surface area contributed by atoms with Crippen LogP contribution in [0.1, 0.15) is 34.3 Å². The van der Waals surface area contributed by atoms with Crippen LogP contribution in [0.4, 0.5) is 5.69 Å². The summed E-state index contributed by atoms with van der Waals surface area (Å²) in [6.45, 7) is 3.46. The van der Waals surface area contributed by atoms with Crippen LogP contribution >= 0.6 is 0 Å². The average molecular weight is 405 g/mol. The number of likely N-dealkylation sites (tertiary alicyclic amines) is 1. The molecule has 1 aromatic heterocycles. The minimum atomic E-state index is -0.489. The van der Waals surface area contributed by atoms with Crippen molar-refractivity contribution in [2.45, 2.75) is 25.9 Å². The number of carbonyl (C=O) groups is 1. The standard InChI is InChI=1S/C22H23N5O3/c28-22(17-7-8-20(21(13-17)27(29)30)26-12-9-23-16-26)24-14-18-5-1-2-6-19(18)15-25-10-3-4-11-25/h1-2,5-9,12-13,16H,3-4,10-11,14-15H2,(H,24,28). The Hall–Kier alpha value is -3.52. The topological polar surface area (TPSA) is 93.3 Å². The lowest BCUT2D eigenvalue weighted by Gasteiger charge is -2.17. The molecule has 0 atom stereocenters. The van der Waals surface area contributed by atoms with Crippen molar-refractivity contribution < 1.29 is 9.72 Å². The van der Waals surface area contributed by atoms with Crippen LogP contribution in [-0.4, -0.2) is 38.4 Å². The normalized spacial score (nSPS) is 14.0. The minimum Gasteiger partial charge on any atom is -0.348 e. The van der Waals surface area contributed by atoms with Gasteiger partial charge in [-0.1, -0.05) is 24.3 Å². The molecular weight excluding hydrogens is 382 g/mol. The maximum Gasteiger partial charge on any atom is 0.294 e. The molecule has 0 radical (unpaired) electrons. The maximum absolute atomic E-state index is 12.7. The molecule has 0 aliphatic carbocycles. The van der Waals surface area contributed by atoms with Crippen LogP contribution in [0.2, 0.25) is 0 Å². The van der Waals surface area contributed by atoms with Gasteiger partial charge in [0.15, 0.2) is 0 Å². The van der Waals surface area contributed by atoms with Crippen molar-refractivity contribution in [3.63, 3.8) is 0 Å². The van der Waals surface area contributed by atoms with Gasteiger partial charge in [0, 0.05) is 37.1 Å². The third kappa shape index (κ3) is 4.38. The van der Waals surface area contributed by atoms with E-state index in [1.165, 1.54) is 30.8 Å². The van der Waals surface area contributed by atoms with E-state index in [2.05, 4.69) is 21.3 Å². The number of nitro benzene ring substituents is 1. The Balaban J connectivity index is 1.48. The highest BCUT2D eigenvalue weighted by atomic mass is 16.6. The van der Waals surface area contributed by atoms with E-state index in [1.807, 2.05) is 18.2 Å². The van der Waals surface area contributed by atoms with Gasteiger partial charge in [-0.15, -0.1) is 0 Å². The number of rotatable bonds is 7. The Morgan fingerprint density at radius 1 is 1.13 bits per heavy atom. The largest absolute Gasteiger partial charge is 0.348 e. The smallest absolute Gasteiger partial charge is 0.294 e. The van der Waals surface area contributed by atoms with Crippen molar-refractivity contribution in [1.82, 2.24) is 19.8 Å². The fraction of sp³-hybridized carbons (Fsp3) is 0.273. The summed E-state index contributed by atoms with van der Waals surface area (Å²) in [7, 11) is 0. The first-order valence-electron chi connectivity index (χ1n) is 9.96. The zero-order chi connectivity index (χ0) is 20.9. The molecule has 2 aromatic carbocycles. The highest BCUT2D eigenvalue weighted by molar-refractivity contribution is 5.95. The summed E-state index contributed by atoms with van der Waals surface area (Å²) in [5, 5.41) is 14.4. The molecule has 1 fully saturated rings. The minimum absolute atomic E-state index is 0.143. The van der Waals surface area contributed by atoms with Gasteiger partial charge in [-0.05, 0) is 49.2 Å². The number of amides is 1. The SMILES string of the molecule is O=C(NCc1ccccc1CN1CCCC1)c1ccc(-n2ccnc2)c([N+](=O)[O-])c1. The molecule has 30 heavy (non-hydrogen) atoms. The summed E-state index contributed by atoms with van der Waals surface area (Å²) < 4.78 is 1.55. The molecule has 0 saturated carbocycles. The number of aromatic nitrogens is 2. The van der Waals surface area contributed by atoms with E-state index in [4.69, 9.17) is 0 Å². The molecule has 1 aliphatic rings. The Kier molecular flexibility index (Phi) is 5.85. The summed E-state index contributed by atoms with van der Waals surface area (Å²) in [6.07, 6.45) is 7.11. The molecule has 154 valence electrons. The molecule has 1 amide bonds. The molecule has 8 nitrogen and oxygen atoms in total. The predicted octanol–water partition coefficient (Wildman–Crippen LogP) is 3.31. The molecule has 1 aliphatic heterocycles. The second-order valence-electron chi connectivity index (χ2n) is 7.37. The first-order chi connectivity index (χ1) is 14.6. The van der Waals surface area contributed by atoms with Gasteiger partial charge in [0.2, 0.25) is 0 Å². The van der Waals surface area contributed by atoms with Crippen LogP contribution in [0.15, 0.2) is 61.2 Å². The van der Waals surface area contributed by atoms with Crippen molar-refractivity contribution in [2.24, 2.45) is 0 Å². The molecule has 0 bridgehead atoms. The highest BCUT2D eigenvalue weighted by Crippen LogP contribution is 2.24. The lowest BCUT2D eigenvalue weighted by molar-refractivity contribution is -0.384. The molecule has 0 spiro atoms. The summed E-state index contributed by atoms with van der Waals surface area (Å²) in [5.74, 6) is -0.341. The molecule has 1 saturated heterocycles. The van der Waals surface area contributed by atoms with Crippen molar-refractivity contribution in [2.75, 3.05) is 13.1 Å². The monoisotopic (exact) mass is 405 g/mol. The van der Waals surface area contributed by atoms with E-state index in [0.29, 0.717) is 12.2 Å². The van der Waals surface area contributed by atoms with Gasteiger partial charge < -0.3 is 9.88 Å². The third-order valence-electron chi connectivity index (χ3n) is 5.37. The van der Waals surface area contributed by atoms with Crippen molar-refractivity contribution >= 4 is 11.6 Å². The van der Waals surface area contributed by atoms with Gasteiger partial charge in [-0.3, -0.25) is 19.8 Å². The van der Waals surface area contributed by atoms with Crippen molar-refractivity contribution in [3.8, 4) is 5.69 Å². The van der Waals surface area contributed by atoms with Crippen LogP contribution in [0.25, 0.3) is 5.69 Å². The number of nitrogens with one attached hydrogen (secondary N) is 1. The van der Waals surface area contributed by atoms with E-state index in [-0.39, 0.29) is 17.2 Å². The molecule has 8 heteroatoms. The van der Waals surface area contributed by atoms with Crippen LogP contribution < -0.4 is 5.32 Å². The van der Waals surface area contributed by atoms with Crippen LogP contribution in [0.5, 0.6) is 0 Å². The Morgan fingerprint density at radius 3 is 2.60 bits per heavy atom. The first-order valence-corrected chi connectivity index (χ1v) is 9.96. The lowest BCUT2D eigenvalue weighted by Crippen LogP contribution is -2.25. The number of hydrogen-bond donors (Lipinski definition) is 1. The van der Waals surface area contributed by atoms with E-state index in [1.54, 1.807) is 29.1 Å². The Morgan fingerprint density at radius 2 is 1.90 bits per heavy atom. The third-order valence-corrected chi connectivity index (χ3v) is 5.37. The van der Waals surface area contributed by atoms with Gasteiger partial charge >= 0.3 is 0 Å². The fourth-order valence-electron chi connectivity index (χ4n) is 3.77. The number of benzene rings is 2. The zero-order valence-corrected chi connectivity index (χ0v) is 16.5. The summed E-state index contributed by atoms with van der Waals surface area (Å²) in [6, 6.07) is 12.5. The lowest BCUT2D eigenvalue weighted by atomic mass is 10.1. The fourth-order valence-corrected chi connectivity index (χ4v) is 3.77. The first kappa shape index (κ1) is 19.8. The van der Waals surface area contributed by atoms with Gasteiger partial charge in [-0.25, -0.2) is 4.98 Å². The van der Waals surface area contributed by atoms with E-state index in [0.717, 1.165) is 25.2 Å². The zero-order valence-electron chi connectivity index (χ0n) is 16.5. The van der Waals surface area contributed by atoms with E-state index in [9.17, 15) is 14.9 Å². The van der Waals surface area contributed by atoms with Gasteiger partial charge in [0.05, 0.1) is 11.3 Å². The summed E-state index contributed by atoms with van der Waals surface area (Å²) in [5.41, 5.74) is 2.73. The van der Waals surface area contributed by atoms with Crippen LogP contribution in [0.3, 0.4) is 0 Å². The quantitative estimate of drug-likeness (QED) is 0.481. The second kappa shape index (κ2) is 8.87. The average Bonchev–Trinajstić information content (AvgIpc) is 3.47.